The van der Waals surface area contributed by atoms with E-state index in [4.69, 9.17) is 0 Å². The first-order chi connectivity index (χ1) is 0. The predicted octanol–water partition coefficient (Wildman–Crippen LogP) is -1.19. The Bertz CT molecular complexity index is 11.6. The fourth-order valence-electron chi connectivity index (χ4n) is 0. The van der Waals surface area contributed by atoms with Crippen LogP contribution in [0, 0.1) is 0 Å². The average molecular weight is 256 g/mol. The third kappa shape index (κ3) is 21.8. The van der Waals surface area contributed by atoms with Gasteiger partial charge >= 0.3 is 0 Å². The molecule has 0 aromatic rings. The third-order valence-corrected chi connectivity index (χ3v) is 0. The Balaban J connectivity index is 0. The summed E-state index contributed by atoms with van der Waals surface area (Å²) < 4.78 is 0. The Morgan fingerprint density at radius 1 is 1.00 bits per heavy atom. The summed E-state index contributed by atoms with van der Waals surface area (Å²) in [5.41, 5.74) is 0. The van der Waals surface area contributed by atoms with Crippen molar-refractivity contribution in [2.75, 3.05) is 0 Å². The molecule has 5 heavy (non-hydrogen) atoms. The molecule has 0 fully saturated rings. The Morgan fingerprint density at radius 2 is 1.00 bits per heavy atom. The number of hydrogen-bond acceptors (Lipinski definition) is 0. The van der Waals surface area contributed by atoms with Crippen molar-refractivity contribution in [3.05, 3.63) is 0 Å². The molecule has 0 aromatic carbocycles. The van der Waals surface area contributed by atoms with E-state index in [0.717, 1.165) is 0 Å². The Kier molecular flexibility index (Phi) is 354. The molecular formula is H3CrCuNiSiV. The van der Waals surface area contributed by atoms with Gasteiger partial charge in [-0.2, -0.15) is 0 Å². The molecule has 0 rings (SSSR count). The predicted molar refractivity (Wildman–Crippen MR) is 9.94 cm³/mol. The summed E-state index contributed by atoms with van der Waals surface area (Å²) in [6.07, 6.45) is 0. The van der Waals surface area contributed by atoms with E-state index in [9.17, 15) is 0 Å². The van der Waals surface area contributed by atoms with Gasteiger partial charge in [0, 0.05) is 69.5 Å². The van der Waals surface area contributed by atoms with E-state index < -0.39 is 0 Å². The minimum Gasteiger partial charge on any atom is -0.0125 e. The molecule has 0 N–H and O–H groups in total. The molecule has 0 amide bonds. The smallest absolute Gasteiger partial charge is 0 e. The SMILES string of the molecule is [Cr].[Cu].[Ni].[SiH3].[V]. The number of hydrogen-bond donors (Lipinski definition) is 0. The van der Waals surface area contributed by atoms with Crippen LogP contribution < -0.4 is 0 Å². The topological polar surface area (TPSA) is 0 Å². The maximum Gasteiger partial charge on any atom is 0 e. The molecule has 0 aliphatic rings. The van der Waals surface area contributed by atoms with Crippen LogP contribution in [0.4, 0.5) is 0 Å². The first kappa shape index (κ1) is 53.7. The molecule has 0 spiro atoms. The Labute approximate surface area is 79.7 Å². The van der Waals surface area contributed by atoms with Crippen molar-refractivity contribution < 1.29 is 69.5 Å². The minimum atomic E-state index is 0. The molecule has 0 unspecified atom stereocenters. The molecule has 0 saturated heterocycles. The average Bonchev–Trinajstić information content (AvgIpc) is 0. The quantitative estimate of drug-likeness (QED) is 0.478. The molecule has 0 aliphatic carbocycles. The van der Waals surface area contributed by atoms with E-state index in [1.165, 1.54) is 0 Å². The van der Waals surface area contributed by atoms with Crippen molar-refractivity contribution in [1.82, 2.24) is 0 Å². The molecule has 0 atom stereocenters. The van der Waals surface area contributed by atoms with Gasteiger partial charge in [-0.1, -0.05) is 0 Å². The second kappa shape index (κ2) is 32.9. The summed E-state index contributed by atoms with van der Waals surface area (Å²) in [6.45, 7) is 0. The van der Waals surface area contributed by atoms with Crippen LogP contribution in [-0.2, 0) is 69.5 Å². The van der Waals surface area contributed by atoms with Gasteiger partial charge < -0.3 is 0 Å². The van der Waals surface area contributed by atoms with E-state index in [-0.39, 0.29) is 80.4 Å². The van der Waals surface area contributed by atoms with Crippen molar-refractivity contribution >= 4 is 11.0 Å². The van der Waals surface area contributed by atoms with Gasteiger partial charge in [0.15, 0.2) is 0 Å². The molecule has 39 valence electrons. The molecular weight excluding hydrogens is 253 g/mol. The van der Waals surface area contributed by atoms with Crippen molar-refractivity contribution in [3.8, 4) is 0 Å². The van der Waals surface area contributed by atoms with Crippen LogP contribution in [0.15, 0.2) is 0 Å². The van der Waals surface area contributed by atoms with Crippen LogP contribution in [0.25, 0.3) is 0 Å². The van der Waals surface area contributed by atoms with E-state index in [2.05, 4.69) is 0 Å². The Morgan fingerprint density at radius 3 is 1.00 bits per heavy atom. The second-order valence-corrected chi connectivity index (χ2v) is 0. The summed E-state index contributed by atoms with van der Waals surface area (Å²) >= 11 is 0. The van der Waals surface area contributed by atoms with Gasteiger partial charge in [-0.25, -0.2) is 0 Å². The normalized spacial score (nSPS) is 0. The van der Waals surface area contributed by atoms with Gasteiger partial charge in [-0.15, -0.1) is 0 Å². The monoisotopic (exact) mass is 255 g/mol. The van der Waals surface area contributed by atoms with Crippen molar-refractivity contribution in [2.45, 2.75) is 0 Å². The van der Waals surface area contributed by atoms with Gasteiger partial charge in [-0.05, 0) is 11.0 Å². The third-order valence-electron chi connectivity index (χ3n) is 0. The molecule has 0 aliphatic heterocycles. The van der Waals surface area contributed by atoms with Gasteiger partial charge in [0.25, 0.3) is 0 Å². The summed E-state index contributed by atoms with van der Waals surface area (Å²) in [5.74, 6) is 0. The van der Waals surface area contributed by atoms with Crippen LogP contribution in [-0.4, -0.2) is 11.0 Å². The summed E-state index contributed by atoms with van der Waals surface area (Å²) in [7, 11) is 0. The molecule has 5 heteroatoms. The molecule has 0 bridgehead atoms. The van der Waals surface area contributed by atoms with E-state index in [1.54, 1.807) is 0 Å². The van der Waals surface area contributed by atoms with E-state index in [0.29, 0.717) is 0 Å². The zero-order valence-corrected chi connectivity index (χ0v) is 9.07. The van der Waals surface area contributed by atoms with Crippen LogP contribution >= 0.6 is 0 Å². The Hall–Kier alpha value is 2.35. The molecule has 0 aromatic heterocycles. The summed E-state index contributed by atoms with van der Waals surface area (Å²) in [4.78, 5) is 0. The van der Waals surface area contributed by atoms with Crippen LogP contribution in [0.2, 0.25) is 0 Å². The molecule has 0 nitrogen and oxygen atoms in total. The van der Waals surface area contributed by atoms with Gasteiger partial charge in [0.1, 0.15) is 0 Å². The molecule has 0 saturated carbocycles. The van der Waals surface area contributed by atoms with E-state index in [1.807, 2.05) is 0 Å². The maximum absolute atomic E-state index is 0. The zero-order chi connectivity index (χ0) is 0. The van der Waals surface area contributed by atoms with E-state index >= 15 is 0 Å². The second-order valence-electron chi connectivity index (χ2n) is 0. The van der Waals surface area contributed by atoms with Crippen molar-refractivity contribution in [2.24, 2.45) is 0 Å². The van der Waals surface area contributed by atoms with Gasteiger partial charge in [-0.3, -0.25) is 0 Å². The van der Waals surface area contributed by atoms with Crippen molar-refractivity contribution in [3.63, 3.8) is 0 Å². The first-order valence-corrected chi connectivity index (χ1v) is 0. The fraction of sp³-hybridized carbons (Fsp3) is 0. The standard InChI is InChI=1S/Cr.Cu.Ni.H3Si.V/h;;;1H3;. The maximum atomic E-state index is 0. The minimum absolute atomic E-state index is 0. The first-order valence-electron chi connectivity index (χ1n) is 0. The number of rotatable bonds is 0. The summed E-state index contributed by atoms with van der Waals surface area (Å²) in [6, 6.07) is 0. The molecule has 0 heterocycles. The van der Waals surface area contributed by atoms with Crippen LogP contribution in [0.1, 0.15) is 0 Å². The van der Waals surface area contributed by atoms with Gasteiger partial charge in [0.2, 0.25) is 0 Å². The van der Waals surface area contributed by atoms with Gasteiger partial charge in [0.05, 0.1) is 0 Å². The van der Waals surface area contributed by atoms with Crippen LogP contribution in [0.5, 0.6) is 0 Å². The van der Waals surface area contributed by atoms with Crippen LogP contribution in [0.3, 0.4) is 0 Å². The zero-order valence-electron chi connectivity index (χ0n) is 2.47. The van der Waals surface area contributed by atoms with Crippen molar-refractivity contribution in [1.29, 1.82) is 0 Å². The summed E-state index contributed by atoms with van der Waals surface area (Å²) in [5, 5.41) is 0. The molecule has 3 radical (unpaired) electrons. The largest absolute Gasteiger partial charge is 0.0125 e. The fourth-order valence-corrected chi connectivity index (χ4v) is 0.